The lowest BCUT2D eigenvalue weighted by Crippen LogP contribution is -2.24. The monoisotopic (exact) mass is 309 g/mol. The normalized spacial score (nSPS) is 12.5. The van der Waals surface area contributed by atoms with Gasteiger partial charge in [-0.25, -0.2) is 8.78 Å². The molecule has 0 amide bonds. The van der Waals surface area contributed by atoms with E-state index in [1.54, 1.807) is 0 Å². The minimum Gasteiger partial charge on any atom is -0.306 e. The molecule has 0 radical (unpaired) electrons. The largest absolute Gasteiger partial charge is 0.306 e. The van der Waals surface area contributed by atoms with Gasteiger partial charge < -0.3 is 5.32 Å². The molecular formula is C17H18ClF2N. The van der Waals surface area contributed by atoms with E-state index in [0.29, 0.717) is 6.54 Å². The van der Waals surface area contributed by atoms with Gasteiger partial charge in [0.1, 0.15) is 11.6 Å². The van der Waals surface area contributed by atoms with Crippen LogP contribution < -0.4 is 5.32 Å². The molecule has 2 aromatic rings. The van der Waals surface area contributed by atoms with E-state index in [9.17, 15) is 8.78 Å². The number of aryl methyl sites for hydroxylation is 2. The summed E-state index contributed by atoms with van der Waals surface area (Å²) < 4.78 is 27.9. The number of benzene rings is 2. The first-order chi connectivity index (χ1) is 9.93. The van der Waals surface area contributed by atoms with Gasteiger partial charge in [0, 0.05) is 5.56 Å². The quantitative estimate of drug-likeness (QED) is 0.789. The molecule has 2 aromatic carbocycles. The summed E-state index contributed by atoms with van der Waals surface area (Å²) in [6, 6.07) is 7.75. The molecule has 4 heteroatoms. The number of hydrogen-bond donors (Lipinski definition) is 1. The molecule has 0 aliphatic heterocycles. The third kappa shape index (κ3) is 3.42. The Morgan fingerprint density at radius 2 is 1.76 bits per heavy atom. The predicted molar refractivity (Wildman–Crippen MR) is 82.8 cm³/mol. The Bertz CT molecular complexity index is 655. The summed E-state index contributed by atoms with van der Waals surface area (Å²) in [5, 5.41) is 3.01. The van der Waals surface area contributed by atoms with E-state index in [4.69, 9.17) is 11.6 Å². The summed E-state index contributed by atoms with van der Waals surface area (Å²) >= 11 is 5.63. The molecule has 0 saturated heterocycles. The molecule has 1 N–H and O–H groups in total. The first kappa shape index (κ1) is 15.9. The van der Waals surface area contributed by atoms with Crippen molar-refractivity contribution in [2.45, 2.75) is 26.8 Å². The van der Waals surface area contributed by atoms with Gasteiger partial charge in [-0.2, -0.15) is 0 Å². The van der Waals surface area contributed by atoms with Crippen molar-refractivity contribution in [3.05, 3.63) is 69.2 Å². The summed E-state index contributed by atoms with van der Waals surface area (Å²) in [6.45, 7) is 6.54. The van der Waals surface area contributed by atoms with Crippen molar-refractivity contribution >= 4 is 11.6 Å². The van der Waals surface area contributed by atoms with Gasteiger partial charge in [-0.05, 0) is 43.7 Å². The molecule has 0 aliphatic carbocycles. The van der Waals surface area contributed by atoms with Crippen LogP contribution in [0.5, 0.6) is 0 Å². The fourth-order valence-electron chi connectivity index (χ4n) is 2.50. The minimum absolute atomic E-state index is 0.202. The predicted octanol–water partition coefficient (Wildman–Crippen LogP) is 4.93. The van der Waals surface area contributed by atoms with Gasteiger partial charge in [0.15, 0.2) is 0 Å². The molecular weight excluding hydrogens is 292 g/mol. The van der Waals surface area contributed by atoms with Crippen LogP contribution in [-0.2, 0) is 0 Å². The average Bonchev–Trinajstić information content (AvgIpc) is 2.41. The minimum atomic E-state index is -0.610. The van der Waals surface area contributed by atoms with E-state index >= 15 is 0 Å². The molecule has 0 fully saturated rings. The summed E-state index contributed by atoms with van der Waals surface area (Å²) in [6.07, 6.45) is 0. The van der Waals surface area contributed by atoms with Gasteiger partial charge in [0.2, 0.25) is 0 Å². The van der Waals surface area contributed by atoms with E-state index < -0.39 is 17.7 Å². The van der Waals surface area contributed by atoms with E-state index in [1.807, 2.05) is 39.0 Å². The van der Waals surface area contributed by atoms with Crippen LogP contribution in [0.1, 0.15) is 35.2 Å². The Hall–Kier alpha value is -1.45. The zero-order valence-corrected chi connectivity index (χ0v) is 13.1. The van der Waals surface area contributed by atoms with Crippen LogP contribution in [0.15, 0.2) is 30.3 Å². The molecule has 1 unspecified atom stereocenters. The average molecular weight is 310 g/mol. The van der Waals surface area contributed by atoms with Gasteiger partial charge in [-0.15, -0.1) is 0 Å². The van der Waals surface area contributed by atoms with Crippen LogP contribution in [0.25, 0.3) is 0 Å². The highest BCUT2D eigenvalue weighted by atomic mass is 35.5. The third-order valence-electron chi connectivity index (χ3n) is 3.50. The molecule has 0 heterocycles. The molecule has 0 aromatic heterocycles. The summed E-state index contributed by atoms with van der Waals surface area (Å²) in [7, 11) is 0. The van der Waals surface area contributed by atoms with E-state index in [0.717, 1.165) is 22.8 Å². The van der Waals surface area contributed by atoms with Crippen LogP contribution in [0.2, 0.25) is 5.02 Å². The van der Waals surface area contributed by atoms with Crippen LogP contribution in [-0.4, -0.2) is 6.54 Å². The molecule has 0 saturated carbocycles. The lowest BCUT2D eigenvalue weighted by atomic mass is 9.93. The molecule has 0 bridgehead atoms. The fraction of sp³-hybridized carbons (Fsp3) is 0.294. The van der Waals surface area contributed by atoms with Crippen LogP contribution in [0.3, 0.4) is 0 Å². The van der Waals surface area contributed by atoms with Crippen molar-refractivity contribution in [3.8, 4) is 0 Å². The molecule has 0 spiro atoms. The fourth-order valence-corrected chi connectivity index (χ4v) is 2.65. The molecule has 0 aliphatic rings. The highest BCUT2D eigenvalue weighted by Crippen LogP contribution is 2.30. The molecule has 1 atom stereocenters. The third-order valence-corrected chi connectivity index (χ3v) is 3.78. The number of rotatable bonds is 4. The Morgan fingerprint density at radius 3 is 2.38 bits per heavy atom. The zero-order valence-electron chi connectivity index (χ0n) is 12.3. The van der Waals surface area contributed by atoms with E-state index in [1.165, 1.54) is 6.07 Å². The molecule has 1 nitrogen and oxygen atoms in total. The highest BCUT2D eigenvalue weighted by molar-refractivity contribution is 6.30. The summed E-state index contributed by atoms with van der Waals surface area (Å²) in [5.74, 6) is -1.12. The number of halogens is 3. The van der Waals surface area contributed by atoms with Gasteiger partial charge in [-0.1, -0.05) is 42.3 Å². The Labute approximate surface area is 128 Å². The smallest absolute Gasteiger partial charge is 0.142 e. The lowest BCUT2D eigenvalue weighted by Gasteiger charge is -2.22. The highest BCUT2D eigenvalue weighted by Gasteiger charge is 2.20. The molecule has 21 heavy (non-hydrogen) atoms. The first-order valence-electron chi connectivity index (χ1n) is 6.89. The van der Waals surface area contributed by atoms with Crippen molar-refractivity contribution < 1.29 is 8.78 Å². The second-order valence-corrected chi connectivity index (χ2v) is 5.55. The zero-order chi connectivity index (χ0) is 15.6. The second-order valence-electron chi connectivity index (χ2n) is 5.14. The standard InChI is InChI=1S/C17H18ClF2N/c1-4-21-17(12-6-5-10(2)7-11(12)3)13-8-16(20)14(18)9-15(13)19/h5-9,17,21H,4H2,1-3H3. The Balaban J connectivity index is 2.55. The molecule has 112 valence electrons. The number of nitrogens with one attached hydrogen (secondary N) is 1. The lowest BCUT2D eigenvalue weighted by molar-refractivity contribution is 0.544. The van der Waals surface area contributed by atoms with Crippen LogP contribution >= 0.6 is 11.6 Å². The van der Waals surface area contributed by atoms with Crippen molar-refractivity contribution in [2.24, 2.45) is 0 Å². The van der Waals surface area contributed by atoms with E-state index in [-0.39, 0.29) is 10.6 Å². The van der Waals surface area contributed by atoms with E-state index in [2.05, 4.69) is 5.32 Å². The topological polar surface area (TPSA) is 12.0 Å². The second kappa shape index (κ2) is 6.54. The van der Waals surface area contributed by atoms with Crippen molar-refractivity contribution in [2.75, 3.05) is 6.54 Å². The van der Waals surface area contributed by atoms with Crippen molar-refractivity contribution in [3.63, 3.8) is 0 Å². The summed E-state index contributed by atoms with van der Waals surface area (Å²) in [4.78, 5) is 0. The van der Waals surface area contributed by atoms with Gasteiger partial charge >= 0.3 is 0 Å². The van der Waals surface area contributed by atoms with Gasteiger partial charge in [0.05, 0.1) is 11.1 Å². The summed E-state index contributed by atoms with van der Waals surface area (Å²) in [5.41, 5.74) is 3.37. The maximum atomic E-state index is 14.2. The van der Waals surface area contributed by atoms with Crippen LogP contribution in [0, 0.1) is 25.5 Å². The maximum absolute atomic E-state index is 14.2. The van der Waals surface area contributed by atoms with Crippen molar-refractivity contribution in [1.29, 1.82) is 0 Å². The van der Waals surface area contributed by atoms with Crippen molar-refractivity contribution in [1.82, 2.24) is 5.32 Å². The Kier molecular flexibility index (Phi) is 4.96. The van der Waals surface area contributed by atoms with Gasteiger partial charge in [-0.3, -0.25) is 0 Å². The maximum Gasteiger partial charge on any atom is 0.142 e. The first-order valence-corrected chi connectivity index (χ1v) is 7.26. The Morgan fingerprint density at radius 1 is 1.05 bits per heavy atom. The van der Waals surface area contributed by atoms with Crippen LogP contribution in [0.4, 0.5) is 8.78 Å². The number of hydrogen-bond acceptors (Lipinski definition) is 1. The SMILES string of the molecule is CCNC(c1ccc(C)cc1C)c1cc(F)c(Cl)cc1F. The molecule has 2 rings (SSSR count). The van der Waals surface area contributed by atoms with Gasteiger partial charge in [0.25, 0.3) is 0 Å².